The number of pyridine rings is 1. The highest BCUT2D eigenvalue weighted by Crippen LogP contribution is 2.17. The first-order valence-corrected chi connectivity index (χ1v) is 4.32. The monoisotopic (exact) mass is 197 g/mol. The van der Waals surface area contributed by atoms with Crippen molar-refractivity contribution in [1.82, 2.24) is 4.98 Å². The van der Waals surface area contributed by atoms with E-state index in [4.69, 9.17) is 11.5 Å². The summed E-state index contributed by atoms with van der Waals surface area (Å²) in [6.07, 6.45) is 5.20. The van der Waals surface area contributed by atoms with Crippen LogP contribution in [0.2, 0.25) is 0 Å². The van der Waals surface area contributed by atoms with Gasteiger partial charge in [-0.15, -0.1) is 6.42 Å². The van der Waals surface area contributed by atoms with Crippen molar-refractivity contribution >= 4 is 16.9 Å². The summed E-state index contributed by atoms with van der Waals surface area (Å²) in [5.41, 5.74) is 1.13. The minimum atomic E-state index is -0.995. The second-order valence-electron chi connectivity index (χ2n) is 3.02. The van der Waals surface area contributed by atoms with Gasteiger partial charge in [0.2, 0.25) is 0 Å². The van der Waals surface area contributed by atoms with Crippen LogP contribution in [0.4, 0.5) is 0 Å². The van der Waals surface area contributed by atoms with Gasteiger partial charge >= 0.3 is 5.97 Å². The van der Waals surface area contributed by atoms with E-state index in [9.17, 15) is 4.79 Å². The van der Waals surface area contributed by atoms with Crippen molar-refractivity contribution in [2.24, 2.45) is 0 Å². The summed E-state index contributed by atoms with van der Waals surface area (Å²) >= 11 is 0. The molecule has 0 amide bonds. The number of para-hydroxylation sites is 1. The van der Waals surface area contributed by atoms with Crippen LogP contribution < -0.4 is 0 Å². The average molecular weight is 197 g/mol. The molecule has 0 aliphatic heterocycles. The Balaban J connectivity index is 2.88. The van der Waals surface area contributed by atoms with Crippen LogP contribution in [0.1, 0.15) is 16.1 Å². The number of carbonyl (C=O) groups is 1. The number of terminal acetylenes is 1. The first kappa shape index (κ1) is 9.22. The van der Waals surface area contributed by atoms with Gasteiger partial charge < -0.3 is 5.11 Å². The molecule has 0 radical (unpaired) electrons. The molecule has 0 aliphatic rings. The summed E-state index contributed by atoms with van der Waals surface area (Å²) in [5, 5.41) is 9.61. The van der Waals surface area contributed by atoms with Gasteiger partial charge in [0.1, 0.15) is 5.69 Å². The number of benzene rings is 1. The Hall–Kier alpha value is -2.34. The van der Waals surface area contributed by atoms with E-state index in [-0.39, 0.29) is 5.56 Å². The van der Waals surface area contributed by atoms with Crippen LogP contribution in [-0.2, 0) is 0 Å². The highest BCUT2D eigenvalue weighted by atomic mass is 16.4. The molecule has 0 aliphatic carbocycles. The molecule has 0 saturated carbocycles. The highest BCUT2D eigenvalue weighted by Gasteiger charge is 2.10. The summed E-state index contributed by atoms with van der Waals surface area (Å²) < 4.78 is 0. The van der Waals surface area contributed by atoms with Gasteiger partial charge in [0, 0.05) is 5.39 Å². The Morgan fingerprint density at radius 3 is 2.80 bits per heavy atom. The van der Waals surface area contributed by atoms with E-state index in [0.717, 1.165) is 0 Å². The Bertz CT molecular complexity index is 582. The summed E-state index contributed by atoms with van der Waals surface area (Å²) in [6.45, 7) is 0. The molecule has 1 heterocycles. The van der Waals surface area contributed by atoms with E-state index in [1.807, 2.05) is 0 Å². The SMILES string of the molecule is C#Cc1cc(C(=O)O)c2ccccc2n1. The molecule has 0 bridgehead atoms. The predicted octanol–water partition coefficient (Wildman–Crippen LogP) is 1.91. The molecule has 0 spiro atoms. The standard InChI is InChI=1S/C12H7NO2/c1-2-8-7-10(12(14)15)9-5-3-4-6-11(9)13-8/h1,3-7H,(H,14,15). The van der Waals surface area contributed by atoms with Crippen LogP contribution in [0.3, 0.4) is 0 Å². The molecule has 1 aromatic carbocycles. The van der Waals surface area contributed by atoms with Crippen molar-refractivity contribution in [3.05, 3.63) is 41.6 Å². The van der Waals surface area contributed by atoms with Crippen LogP contribution in [0.5, 0.6) is 0 Å². The Morgan fingerprint density at radius 2 is 2.13 bits per heavy atom. The van der Waals surface area contributed by atoms with Gasteiger partial charge in [0.05, 0.1) is 11.1 Å². The third kappa shape index (κ3) is 1.53. The van der Waals surface area contributed by atoms with E-state index in [1.54, 1.807) is 24.3 Å². The number of nitrogens with zero attached hydrogens (tertiary/aromatic N) is 1. The third-order valence-corrected chi connectivity index (χ3v) is 2.09. The predicted molar refractivity (Wildman–Crippen MR) is 56.6 cm³/mol. The first-order chi connectivity index (χ1) is 7.22. The van der Waals surface area contributed by atoms with Crippen molar-refractivity contribution in [3.8, 4) is 12.3 Å². The molecule has 72 valence electrons. The third-order valence-electron chi connectivity index (χ3n) is 2.09. The quantitative estimate of drug-likeness (QED) is 0.710. The van der Waals surface area contributed by atoms with Crippen molar-refractivity contribution in [2.75, 3.05) is 0 Å². The van der Waals surface area contributed by atoms with Gasteiger partial charge in [-0.2, -0.15) is 0 Å². The maximum Gasteiger partial charge on any atom is 0.336 e. The molecule has 2 rings (SSSR count). The van der Waals surface area contributed by atoms with Crippen LogP contribution in [0.25, 0.3) is 10.9 Å². The molecule has 2 aromatic rings. The van der Waals surface area contributed by atoms with E-state index in [2.05, 4.69) is 10.9 Å². The van der Waals surface area contributed by atoms with Crippen LogP contribution >= 0.6 is 0 Å². The van der Waals surface area contributed by atoms with Gasteiger partial charge in [-0.1, -0.05) is 24.1 Å². The zero-order chi connectivity index (χ0) is 10.8. The molecule has 0 saturated heterocycles. The number of hydrogen-bond acceptors (Lipinski definition) is 2. The summed E-state index contributed by atoms with van der Waals surface area (Å²) in [4.78, 5) is 15.1. The normalized spacial score (nSPS) is 9.80. The van der Waals surface area contributed by atoms with E-state index in [1.165, 1.54) is 6.07 Å². The zero-order valence-electron chi connectivity index (χ0n) is 7.77. The lowest BCUT2D eigenvalue weighted by atomic mass is 10.1. The Kier molecular flexibility index (Phi) is 2.11. The molecule has 0 unspecified atom stereocenters. The van der Waals surface area contributed by atoms with Crippen LogP contribution in [0, 0.1) is 12.3 Å². The van der Waals surface area contributed by atoms with Gasteiger partial charge in [0.15, 0.2) is 0 Å². The van der Waals surface area contributed by atoms with Crippen LogP contribution in [-0.4, -0.2) is 16.1 Å². The molecule has 3 nitrogen and oxygen atoms in total. The average Bonchev–Trinajstić information content (AvgIpc) is 2.27. The molecule has 15 heavy (non-hydrogen) atoms. The second kappa shape index (κ2) is 3.43. The van der Waals surface area contributed by atoms with Crippen molar-refractivity contribution in [2.45, 2.75) is 0 Å². The van der Waals surface area contributed by atoms with Crippen molar-refractivity contribution in [3.63, 3.8) is 0 Å². The zero-order valence-corrected chi connectivity index (χ0v) is 7.77. The molecule has 0 atom stereocenters. The molecule has 1 aromatic heterocycles. The minimum Gasteiger partial charge on any atom is -0.478 e. The first-order valence-electron chi connectivity index (χ1n) is 4.32. The number of fused-ring (bicyclic) bond motifs is 1. The lowest BCUT2D eigenvalue weighted by Crippen LogP contribution is -2.00. The fourth-order valence-electron chi connectivity index (χ4n) is 1.43. The van der Waals surface area contributed by atoms with E-state index >= 15 is 0 Å². The van der Waals surface area contributed by atoms with Gasteiger partial charge in [0.25, 0.3) is 0 Å². The number of aromatic carboxylic acids is 1. The molecule has 0 fully saturated rings. The highest BCUT2D eigenvalue weighted by molar-refractivity contribution is 6.02. The lowest BCUT2D eigenvalue weighted by Gasteiger charge is -2.02. The number of aromatic nitrogens is 1. The minimum absolute atomic E-state index is 0.188. The van der Waals surface area contributed by atoms with Gasteiger partial charge in [-0.25, -0.2) is 9.78 Å². The fourth-order valence-corrected chi connectivity index (χ4v) is 1.43. The Labute approximate surface area is 86.4 Å². The number of hydrogen-bond donors (Lipinski definition) is 1. The Morgan fingerprint density at radius 1 is 1.40 bits per heavy atom. The molecule has 1 N–H and O–H groups in total. The van der Waals surface area contributed by atoms with Crippen LogP contribution in [0.15, 0.2) is 30.3 Å². The smallest absolute Gasteiger partial charge is 0.336 e. The van der Waals surface area contributed by atoms with Gasteiger partial charge in [-0.3, -0.25) is 0 Å². The summed E-state index contributed by atoms with van der Waals surface area (Å²) in [6, 6.07) is 8.42. The van der Waals surface area contributed by atoms with E-state index in [0.29, 0.717) is 16.6 Å². The van der Waals surface area contributed by atoms with E-state index < -0.39 is 5.97 Å². The number of carboxylic acids is 1. The maximum atomic E-state index is 11.0. The molecular weight excluding hydrogens is 190 g/mol. The van der Waals surface area contributed by atoms with Crippen molar-refractivity contribution in [1.29, 1.82) is 0 Å². The largest absolute Gasteiger partial charge is 0.478 e. The topological polar surface area (TPSA) is 50.2 Å². The number of rotatable bonds is 1. The summed E-state index contributed by atoms with van der Waals surface area (Å²) in [5.74, 6) is 1.34. The second-order valence-corrected chi connectivity index (χ2v) is 3.02. The lowest BCUT2D eigenvalue weighted by molar-refractivity contribution is 0.0699. The van der Waals surface area contributed by atoms with Crippen molar-refractivity contribution < 1.29 is 9.90 Å². The summed E-state index contributed by atoms with van der Waals surface area (Å²) in [7, 11) is 0. The number of carboxylic acid groups (broad SMARTS) is 1. The fraction of sp³-hybridized carbons (Fsp3) is 0. The molecular formula is C12H7NO2. The maximum absolute atomic E-state index is 11.0. The van der Waals surface area contributed by atoms with Gasteiger partial charge in [-0.05, 0) is 12.1 Å². The molecule has 3 heteroatoms.